The molecule has 0 saturated carbocycles. The van der Waals surface area contributed by atoms with Crippen molar-refractivity contribution >= 4 is 34.4 Å². The van der Waals surface area contributed by atoms with Gasteiger partial charge >= 0.3 is 0 Å². The minimum absolute atomic E-state index is 0.124. The van der Waals surface area contributed by atoms with E-state index in [-0.39, 0.29) is 22.6 Å². The van der Waals surface area contributed by atoms with Crippen LogP contribution in [0.25, 0.3) is 11.3 Å². The Bertz CT molecular complexity index is 710. The molecule has 0 N–H and O–H groups in total. The number of pyridine rings is 1. The van der Waals surface area contributed by atoms with Gasteiger partial charge < -0.3 is 9.30 Å². The molecular weight excluding hydrogens is 411 g/mol. The zero-order valence-electron chi connectivity index (χ0n) is 11.3. The van der Waals surface area contributed by atoms with Crippen molar-refractivity contribution in [1.29, 1.82) is 0 Å². The van der Waals surface area contributed by atoms with Gasteiger partial charge in [-0.15, -0.1) is 11.8 Å². The lowest BCUT2D eigenvalue weighted by Crippen LogP contribution is -2.21. The first-order valence-corrected chi connectivity index (χ1v) is 8.39. The van der Waals surface area contributed by atoms with Crippen molar-refractivity contribution in [2.24, 2.45) is 7.05 Å². The summed E-state index contributed by atoms with van der Waals surface area (Å²) in [4.78, 5) is 11.9. The average Bonchev–Trinajstić information content (AvgIpc) is 2.44. The van der Waals surface area contributed by atoms with E-state index in [1.807, 2.05) is 28.8 Å². The molecule has 0 aliphatic heterocycles. The number of hydrogen-bond acceptors (Lipinski definition) is 3. The van der Waals surface area contributed by atoms with Crippen molar-refractivity contribution in [3.05, 3.63) is 49.8 Å². The van der Waals surface area contributed by atoms with Crippen LogP contribution in [0.3, 0.4) is 0 Å². The van der Waals surface area contributed by atoms with Gasteiger partial charge in [0.1, 0.15) is 23.3 Å². The molecule has 0 saturated heterocycles. The van der Waals surface area contributed by atoms with E-state index in [4.69, 9.17) is 4.74 Å². The van der Waals surface area contributed by atoms with Gasteiger partial charge in [-0.3, -0.25) is 4.79 Å². The second kappa shape index (κ2) is 6.78. The van der Waals surface area contributed by atoms with Gasteiger partial charge in [-0.05, 0) is 41.0 Å². The zero-order valence-corrected chi connectivity index (χ0v) is 14.3. The first-order valence-electron chi connectivity index (χ1n) is 5.92. The van der Waals surface area contributed by atoms with E-state index in [0.717, 1.165) is 12.1 Å². The van der Waals surface area contributed by atoms with Crippen molar-refractivity contribution in [3.8, 4) is 17.0 Å². The van der Waals surface area contributed by atoms with Crippen LogP contribution in [0.1, 0.15) is 0 Å². The van der Waals surface area contributed by atoms with E-state index in [9.17, 15) is 13.6 Å². The smallest absolute Gasteiger partial charge is 0.264 e. The third-order valence-electron chi connectivity index (χ3n) is 2.87. The van der Waals surface area contributed by atoms with Crippen molar-refractivity contribution in [2.45, 2.75) is 0 Å². The molecule has 2 rings (SSSR count). The summed E-state index contributed by atoms with van der Waals surface area (Å²) in [6, 6.07) is 5.30. The maximum atomic E-state index is 14.2. The summed E-state index contributed by atoms with van der Waals surface area (Å²) < 4.78 is 35.3. The highest BCUT2D eigenvalue weighted by atomic mass is 127. The fraction of sp³-hybridized carbons (Fsp3) is 0.214. The first kappa shape index (κ1) is 16.3. The molecule has 0 radical (unpaired) electrons. The Kier molecular flexibility index (Phi) is 5.26. The Hall–Kier alpha value is -1.09. The predicted molar refractivity (Wildman–Crippen MR) is 88.8 cm³/mol. The maximum absolute atomic E-state index is 14.2. The number of rotatable bonds is 4. The number of nitrogens with zero attached hydrogens (tertiary/aromatic N) is 1. The third kappa shape index (κ3) is 3.39. The number of halogens is 3. The molecule has 3 nitrogen and oxygen atoms in total. The lowest BCUT2D eigenvalue weighted by Gasteiger charge is -2.12. The molecular formula is C14H12F2INO2S. The predicted octanol–water partition coefficient (Wildman–Crippen LogP) is 3.63. The quantitative estimate of drug-likeness (QED) is 0.556. The van der Waals surface area contributed by atoms with E-state index in [1.165, 1.54) is 35.5 Å². The Morgan fingerprint density at radius 3 is 2.48 bits per heavy atom. The molecule has 1 aromatic heterocycles. The maximum Gasteiger partial charge on any atom is 0.264 e. The Morgan fingerprint density at radius 1 is 1.29 bits per heavy atom. The van der Waals surface area contributed by atoms with Gasteiger partial charge in [-0.1, -0.05) is 0 Å². The fourth-order valence-electron chi connectivity index (χ4n) is 1.86. The molecule has 21 heavy (non-hydrogen) atoms. The standard InChI is InChI=1S/C14H12F2INO2S/c1-18-12(4-3-11(17)14(18)19)13-9(15)5-8(6-10(13)16)20-7-21-2/h3-6H,7H2,1-2H3. The van der Waals surface area contributed by atoms with Gasteiger partial charge in [-0.2, -0.15) is 0 Å². The van der Waals surface area contributed by atoms with Gasteiger partial charge in [0.2, 0.25) is 0 Å². The highest BCUT2D eigenvalue weighted by Crippen LogP contribution is 2.29. The number of hydrogen-bond donors (Lipinski definition) is 0. The number of benzene rings is 1. The summed E-state index contributed by atoms with van der Waals surface area (Å²) >= 11 is 3.28. The van der Waals surface area contributed by atoms with Crippen molar-refractivity contribution in [1.82, 2.24) is 4.57 Å². The molecule has 0 unspecified atom stereocenters. The zero-order chi connectivity index (χ0) is 15.6. The molecule has 0 spiro atoms. The summed E-state index contributed by atoms with van der Waals surface area (Å²) in [5.41, 5.74) is -0.344. The topological polar surface area (TPSA) is 31.2 Å². The highest BCUT2D eigenvalue weighted by molar-refractivity contribution is 14.1. The number of ether oxygens (including phenoxy) is 1. The fourth-order valence-corrected chi connectivity index (χ4v) is 2.66. The van der Waals surface area contributed by atoms with Gasteiger partial charge in [0.25, 0.3) is 5.56 Å². The molecule has 0 amide bonds. The first-order chi connectivity index (χ1) is 9.95. The Balaban J connectivity index is 2.55. The number of thioether (sulfide) groups is 1. The molecule has 1 heterocycles. The van der Waals surface area contributed by atoms with Gasteiger partial charge in [0.05, 0.1) is 14.8 Å². The molecule has 1 aromatic carbocycles. The lowest BCUT2D eigenvalue weighted by atomic mass is 10.1. The monoisotopic (exact) mass is 423 g/mol. The van der Waals surface area contributed by atoms with Crippen LogP contribution in [0.15, 0.2) is 29.1 Å². The van der Waals surface area contributed by atoms with E-state index in [1.54, 1.807) is 0 Å². The summed E-state index contributed by atoms with van der Waals surface area (Å²) in [6.07, 6.45) is 1.82. The van der Waals surface area contributed by atoms with Crippen LogP contribution in [0.5, 0.6) is 5.75 Å². The molecule has 0 aliphatic rings. The molecule has 0 atom stereocenters. The average molecular weight is 423 g/mol. The highest BCUT2D eigenvalue weighted by Gasteiger charge is 2.17. The lowest BCUT2D eigenvalue weighted by molar-refractivity contribution is 0.387. The second-order valence-electron chi connectivity index (χ2n) is 4.24. The van der Waals surface area contributed by atoms with Crippen molar-refractivity contribution < 1.29 is 13.5 Å². The van der Waals surface area contributed by atoms with E-state index >= 15 is 0 Å². The second-order valence-corrected chi connectivity index (χ2v) is 6.22. The summed E-state index contributed by atoms with van der Waals surface area (Å²) in [7, 11) is 1.48. The largest absolute Gasteiger partial charge is 0.483 e. The Labute approximate surface area is 138 Å². The third-order valence-corrected chi connectivity index (χ3v) is 4.05. The van der Waals surface area contributed by atoms with Crippen LogP contribution in [0.2, 0.25) is 0 Å². The summed E-state index contributed by atoms with van der Waals surface area (Å²) in [6.45, 7) is 0. The molecule has 0 bridgehead atoms. The van der Waals surface area contributed by atoms with E-state index in [0.29, 0.717) is 9.51 Å². The van der Waals surface area contributed by atoms with Crippen LogP contribution >= 0.6 is 34.4 Å². The van der Waals surface area contributed by atoms with Crippen molar-refractivity contribution in [2.75, 3.05) is 12.2 Å². The Morgan fingerprint density at radius 2 is 1.90 bits per heavy atom. The van der Waals surface area contributed by atoms with Gasteiger partial charge in [0.15, 0.2) is 0 Å². The van der Waals surface area contributed by atoms with Crippen LogP contribution in [-0.4, -0.2) is 16.8 Å². The molecule has 0 fully saturated rings. The minimum atomic E-state index is -0.762. The van der Waals surface area contributed by atoms with Gasteiger partial charge in [0, 0.05) is 19.2 Å². The SMILES string of the molecule is CSCOc1cc(F)c(-c2ccc(I)c(=O)n2C)c(F)c1. The number of aromatic nitrogens is 1. The minimum Gasteiger partial charge on any atom is -0.483 e. The van der Waals surface area contributed by atoms with Crippen LogP contribution < -0.4 is 10.3 Å². The molecule has 2 aromatic rings. The van der Waals surface area contributed by atoms with E-state index < -0.39 is 11.6 Å². The normalized spacial score (nSPS) is 10.7. The van der Waals surface area contributed by atoms with Crippen LogP contribution in [-0.2, 0) is 7.05 Å². The summed E-state index contributed by atoms with van der Waals surface area (Å²) in [5, 5.41) is 0. The van der Waals surface area contributed by atoms with E-state index in [2.05, 4.69) is 0 Å². The van der Waals surface area contributed by atoms with Crippen LogP contribution in [0.4, 0.5) is 8.78 Å². The van der Waals surface area contributed by atoms with Crippen LogP contribution in [0, 0.1) is 15.2 Å². The van der Waals surface area contributed by atoms with Crippen molar-refractivity contribution in [3.63, 3.8) is 0 Å². The molecule has 0 aliphatic carbocycles. The molecule has 7 heteroatoms. The summed E-state index contributed by atoms with van der Waals surface area (Å²) in [5.74, 6) is -1.09. The van der Waals surface area contributed by atoms with Gasteiger partial charge in [-0.25, -0.2) is 8.78 Å². The molecule has 112 valence electrons.